The largest absolute Gasteiger partial charge is 0.424 e. The number of hydrogen-bond donors (Lipinski definition) is 0. The van der Waals surface area contributed by atoms with E-state index in [1.54, 1.807) is 0 Å². The summed E-state index contributed by atoms with van der Waals surface area (Å²) in [7, 11) is 0. The number of nitrogens with zero attached hydrogens (tertiary/aromatic N) is 6. The summed E-state index contributed by atoms with van der Waals surface area (Å²) in [4.78, 5) is 27.1. The molecule has 0 unspecified atom stereocenters. The zero-order chi connectivity index (χ0) is 42.7. The fourth-order valence-electron chi connectivity index (χ4n) is 6.42. The van der Waals surface area contributed by atoms with E-state index in [2.05, 4.69) is 81.9 Å². The van der Waals surface area contributed by atoms with Gasteiger partial charge in [0.25, 0.3) is 0 Å². The number of aromatic nitrogens is 6. The first-order valence-electron chi connectivity index (χ1n) is 20.9. The molecule has 0 aliphatic rings. The lowest BCUT2D eigenvalue weighted by Crippen LogP contribution is -2.04. The molecule has 0 atom stereocenters. The molecule has 0 spiro atoms. The Labute approximate surface area is 361 Å². The fraction of sp³-hybridized carbons (Fsp3) is 0.176. The van der Waals surface area contributed by atoms with E-state index in [9.17, 15) is 0 Å². The van der Waals surface area contributed by atoms with Gasteiger partial charge in [0, 0.05) is 6.42 Å². The number of ether oxygens (including phenoxy) is 5. The quantitative estimate of drug-likeness (QED) is 0.0871. The highest BCUT2D eigenvalue weighted by molar-refractivity contribution is 5.65. The maximum atomic E-state index is 6.20. The van der Waals surface area contributed by atoms with Gasteiger partial charge in [-0.2, -0.15) is 9.97 Å². The lowest BCUT2D eigenvalue weighted by molar-refractivity contribution is 0.362. The SMILES string of the molecule is CCc1ccc(Cc2nc(Oc3ccc(CC)cc3)nc(Oc3ccc(-c4ccc(Oc5nc(Oc6ccc(CC)cc6)nc(Oc6ccc(CC)cc6)n5)cc4)cc3)n2)cc1. The minimum Gasteiger partial charge on any atom is -0.424 e. The third-order valence-electron chi connectivity index (χ3n) is 10.1. The van der Waals surface area contributed by atoms with E-state index in [1.807, 2.05) is 121 Å². The van der Waals surface area contributed by atoms with E-state index in [0.29, 0.717) is 41.0 Å². The third kappa shape index (κ3) is 10.9. The van der Waals surface area contributed by atoms with E-state index in [0.717, 1.165) is 42.4 Å². The summed E-state index contributed by atoms with van der Waals surface area (Å²) in [6, 6.07) is 47.5. The Balaban J connectivity index is 0.974. The maximum Gasteiger partial charge on any atom is 0.331 e. The van der Waals surface area contributed by atoms with Crippen molar-refractivity contribution in [1.29, 1.82) is 0 Å². The van der Waals surface area contributed by atoms with Crippen LogP contribution in [-0.4, -0.2) is 29.9 Å². The molecule has 0 bridgehead atoms. The Morgan fingerprint density at radius 2 is 0.500 bits per heavy atom. The molecule has 2 heterocycles. The molecule has 8 aromatic rings. The first-order chi connectivity index (χ1) is 30.4. The predicted octanol–water partition coefficient (Wildman–Crippen LogP) is 12.5. The van der Waals surface area contributed by atoms with Gasteiger partial charge in [0.05, 0.1) is 0 Å². The summed E-state index contributed by atoms with van der Waals surface area (Å²) >= 11 is 0. The van der Waals surface area contributed by atoms with Gasteiger partial charge in [0.15, 0.2) is 0 Å². The van der Waals surface area contributed by atoms with E-state index in [4.69, 9.17) is 23.7 Å². The second kappa shape index (κ2) is 19.6. The molecule has 0 fully saturated rings. The average molecular weight is 823 g/mol. The molecule has 0 aliphatic carbocycles. The molecule has 62 heavy (non-hydrogen) atoms. The zero-order valence-corrected chi connectivity index (χ0v) is 35.1. The second-order valence-electron chi connectivity index (χ2n) is 14.4. The molecular formula is C51H46N6O5. The molecule has 0 saturated heterocycles. The van der Waals surface area contributed by atoms with Gasteiger partial charge in [-0.05, 0) is 125 Å². The summed E-state index contributed by atoms with van der Waals surface area (Å²) in [5.74, 6) is 3.40. The van der Waals surface area contributed by atoms with Crippen LogP contribution in [0.25, 0.3) is 11.1 Å². The van der Waals surface area contributed by atoms with Crippen LogP contribution in [0.4, 0.5) is 0 Å². The van der Waals surface area contributed by atoms with Crippen LogP contribution in [0.3, 0.4) is 0 Å². The van der Waals surface area contributed by atoms with Gasteiger partial charge in [-0.1, -0.05) is 113 Å². The summed E-state index contributed by atoms with van der Waals surface area (Å²) < 4.78 is 30.5. The second-order valence-corrected chi connectivity index (χ2v) is 14.4. The smallest absolute Gasteiger partial charge is 0.331 e. The van der Waals surface area contributed by atoms with Crippen LogP contribution in [-0.2, 0) is 32.1 Å². The van der Waals surface area contributed by atoms with Crippen LogP contribution in [0.2, 0.25) is 0 Å². The normalized spacial score (nSPS) is 10.9. The molecule has 0 amide bonds. The lowest BCUT2D eigenvalue weighted by atomic mass is 10.1. The topological polar surface area (TPSA) is 123 Å². The first-order valence-corrected chi connectivity index (χ1v) is 20.9. The van der Waals surface area contributed by atoms with E-state index >= 15 is 0 Å². The first kappa shape index (κ1) is 41.1. The van der Waals surface area contributed by atoms with Crippen molar-refractivity contribution in [2.45, 2.75) is 59.8 Å². The fourth-order valence-corrected chi connectivity index (χ4v) is 6.42. The van der Waals surface area contributed by atoms with Crippen LogP contribution in [0, 0.1) is 0 Å². The van der Waals surface area contributed by atoms with Crippen LogP contribution >= 0.6 is 0 Å². The number of aryl methyl sites for hydroxylation is 4. The van der Waals surface area contributed by atoms with Crippen molar-refractivity contribution in [1.82, 2.24) is 29.9 Å². The van der Waals surface area contributed by atoms with Crippen molar-refractivity contribution in [2.75, 3.05) is 0 Å². The monoisotopic (exact) mass is 822 g/mol. The van der Waals surface area contributed by atoms with Crippen molar-refractivity contribution in [2.24, 2.45) is 0 Å². The number of benzene rings is 6. The summed E-state index contributed by atoms with van der Waals surface area (Å²) in [5.41, 5.74) is 7.86. The van der Waals surface area contributed by atoms with E-state index in [1.165, 1.54) is 22.3 Å². The predicted molar refractivity (Wildman–Crippen MR) is 238 cm³/mol. The minimum absolute atomic E-state index is 0.0217. The Bertz CT molecular complexity index is 2370. The van der Waals surface area contributed by atoms with Gasteiger partial charge in [-0.15, -0.1) is 19.9 Å². The highest BCUT2D eigenvalue weighted by atomic mass is 16.5. The molecular weight excluding hydrogens is 777 g/mol. The lowest BCUT2D eigenvalue weighted by Gasteiger charge is -2.11. The van der Waals surface area contributed by atoms with Gasteiger partial charge in [0.2, 0.25) is 0 Å². The highest BCUT2D eigenvalue weighted by Gasteiger charge is 2.15. The summed E-state index contributed by atoms with van der Waals surface area (Å²) in [6.07, 6.45) is 4.23. The molecule has 11 nitrogen and oxygen atoms in total. The van der Waals surface area contributed by atoms with E-state index < -0.39 is 0 Å². The minimum atomic E-state index is 0.0217. The molecule has 11 heteroatoms. The van der Waals surface area contributed by atoms with Crippen LogP contribution < -0.4 is 23.7 Å². The third-order valence-corrected chi connectivity index (χ3v) is 10.1. The molecule has 0 aliphatic heterocycles. The average Bonchev–Trinajstić information content (AvgIpc) is 3.30. The molecule has 310 valence electrons. The Morgan fingerprint density at radius 3 is 0.774 bits per heavy atom. The molecule has 6 aromatic carbocycles. The van der Waals surface area contributed by atoms with E-state index in [-0.39, 0.29) is 30.1 Å². The number of rotatable bonds is 17. The van der Waals surface area contributed by atoms with Crippen molar-refractivity contribution >= 4 is 0 Å². The van der Waals surface area contributed by atoms with Gasteiger partial charge >= 0.3 is 30.1 Å². The summed E-state index contributed by atoms with van der Waals surface area (Å²) in [5, 5.41) is 0. The number of hydrogen-bond acceptors (Lipinski definition) is 11. The van der Waals surface area contributed by atoms with Crippen molar-refractivity contribution in [3.63, 3.8) is 0 Å². The Morgan fingerprint density at radius 1 is 0.274 bits per heavy atom. The molecule has 0 N–H and O–H groups in total. The van der Waals surface area contributed by atoms with Gasteiger partial charge in [-0.3, -0.25) is 0 Å². The zero-order valence-electron chi connectivity index (χ0n) is 35.1. The maximum absolute atomic E-state index is 6.20. The van der Waals surface area contributed by atoms with Crippen molar-refractivity contribution in [3.05, 3.63) is 179 Å². The molecule has 2 aromatic heterocycles. The van der Waals surface area contributed by atoms with Crippen molar-refractivity contribution < 1.29 is 23.7 Å². The van der Waals surface area contributed by atoms with Crippen molar-refractivity contribution in [3.8, 4) is 69.9 Å². The molecule has 0 radical (unpaired) electrons. The van der Waals surface area contributed by atoms with Gasteiger partial charge in [-0.25, -0.2) is 0 Å². The highest BCUT2D eigenvalue weighted by Crippen LogP contribution is 2.31. The van der Waals surface area contributed by atoms with Crippen LogP contribution in [0.1, 0.15) is 61.3 Å². The standard InChI is InChI=1S/C51H46N6O5/c1-5-34-9-11-38(12-10-34)33-46-52-47(58-41-23-13-35(6-2)14-24-41)54-48(53-46)59-44-29-19-39(20-30-44)40-21-31-45(32-22-40)62-51-56-49(60-42-25-15-36(7-3)16-26-42)55-50(57-51)61-43-27-17-37(8-4)18-28-43/h9-32H,5-8,33H2,1-4H3. The van der Waals surface area contributed by atoms with Gasteiger partial charge in [0.1, 0.15) is 34.6 Å². The Kier molecular flexibility index (Phi) is 13.0. The molecule has 0 saturated carbocycles. The molecule has 8 rings (SSSR count). The Hall–Kier alpha value is -7.66. The van der Waals surface area contributed by atoms with Crippen LogP contribution in [0.5, 0.6) is 58.8 Å². The van der Waals surface area contributed by atoms with Crippen LogP contribution in [0.15, 0.2) is 146 Å². The summed E-state index contributed by atoms with van der Waals surface area (Å²) in [6.45, 7) is 8.45. The van der Waals surface area contributed by atoms with Gasteiger partial charge < -0.3 is 23.7 Å².